The first-order valence-electron chi connectivity index (χ1n) is 5.72. The summed E-state index contributed by atoms with van der Waals surface area (Å²) in [6.45, 7) is 1.63. The summed E-state index contributed by atoms with van der Waals surface area (Å²) in [5.41, 5.74) is -0.927. The van der Waals surface area contributed by atoms with Crippen LogP contribution in [-0.2, 0) is 9.84 Å². The Morgan fingerprint density at radius 3 is 2.68 bits per heavy atom. The maximum atomic E-state index is 12.8. The van der Waals surface area contributed by atoms with Crippen LogP contribution in [0.15, 0.2) is 18.2 Å². The number of benzene rings is 1. The molecule has 2 rings (SSSR count). The number of phenols is 1. The second kappa shape index (κ2) is 4.48. The van der Waals surface area contributed by atoms with Crippen molar-refractivity contribution in [1.29, 1.82) is 0 Å². The average molecular weight is 287 g/mol. The Kier molecular flexibility index (Phi) is 3.25. The molecule has 1 aromatic rings. The minimum Gasteiger partial charge on any atom is -0.507 e. The van der Waals surface area contributed by atoms with E-state index < -0.39 is 32.9 Å². The summed E-state index contributed by atoms with van der Waals surface area (Å²) >= 11 is 0. The molecule has 0 bridgehead atoms. The lowest BCUT2D eigenvalue weighted by Gasteiger charge is -2.24. The lowest BCUT2D eigenvalue weighted by molar-refractivity contribution is 0.0912. The monoisotopic (exact) mass is 287 g/mol. The SMILES string of the molecule is CC1(NC(=O)c2ccc(F)cc2O)CCS(=O)(=O)C1. The van der Waals surface area contributed by atoms with E-state index in [1.54, 1.807) is 6.92 Å². The number of hydrogen-bond donors (Lipinski definition) is 2. The molecule has 7 heteroatoms. The molecule has 1 unspecified atom stereocenters. The minimum absolute atomic E-state index is 0.0270. The summed E-state index contributed by atoms with van der Waals surface area (Å²) in [6.07, 6.45) is 0.322. The van der Waals surface area contributed by atoms with E-state index in [4.69, 9.17) is 0 Å². The van der Waals surface area contributed by atoms with Crippen molar-refractivity contribution in [3.05, 3.63) is 29.6 Å². The number of nitrogens with one attached hydrogen (secondary N) is 1. The van der Waals surface area contributed by atoms with Gasteiger partial charge in [-0.05, 0) is 25.5 Å². The maximum Gasteiger partial charge on any atom is 0.255 e. The molecule has 0 radical (unpaired) electrons. The van der Waals surface area contributed by atoms with Crippen LogP contribution in [0.25, 0.3) is 0 Å². The molecule has 0 aliphatic carbocycles. The largest absolute Gasteiger partial charge is 0.507 e. The molecule has 1 amide bonds. The number of phenolic OH excluding ortho intramolecular Hbond substituents is 1. The molecule has 1 aromatic carbocycles. The molecule has 0 spiro atoms. The van der Waals surface area contributed by atoms with E-state index in [9.17, 15) is 22.7 Å². The molecular weight excluding hydrogens is 273 g/mol. The van der Waals surface area contributed by atoms with Gasteiger partial charge in [-0.1, -0.05) is 0 Å². The fraction of sp³-hybridized carbons (Fsp3) is 0.417. The predicted molar refractivity (Wildman–Crippen MR) is 67.2 cm³/mol. The first-order chi connectivity index (χ1) is 8.71. The summed E-state index contributed by atoms with van der Waals surface area (Å²) in [6, 6.07) is 3.05. The quantitative estimate of drug-likeness (QED) is 0.844. The van der Waals surface area contributed by atoms with E-state index in [1.165, 1.54) is 0 Å². The van der Waals surface area contributed by atoms with E-state index in [2.05, 4.69) is 5.32 Å². The van der Waals surface area contributed by atoms with Crippen LogP contribution >= 0.6 is 0 Å². The standard InChI is InChI=1S/C12H14FNO4S/c1-12(4-5-19(17,18)7-12)14-11(16)9-3-2-8(13)6-10(9)15/h2-3,6,15H,4-5,7H2,1H3,(H,14,16). The molecule has 1 heterocycles. The van der Waals surface area contributed by atoms with E-state index in [0.717, 1.165) is 18.2 Å². The number of aromatic hydroxyl groups is 1. The van der Waals surface area contributed by atoms with Crippen LogP contribution in [-0.4, -0.2) is 36.5 Å². The molecule has 1 atom stereocenters. The molecule has 0 aromatic heterocycles. The molecular formula is C12H14FNO4S. The first-order valence-corrected chi connectivity index (χ1v) is 7.54. The van der Waals surface area contributed by atoms with Gasteiger partial charge in [-0.25, -0.2) is 12.8 Å². The van der Waals surface area contributed by atoms with Gasteiger partial charge in [-0.15, -0.1) is 0 Å². The van der Waals surface area contributed by atoms with Crippen LogP contribution in [0.4, 0.5) is 4.39 Å². The van der Waals surface area contributed by atoms with Crippen molar-refractivity contribution >= 4 is 15.7 Å². The molecule has 104 valence electrons. The summed E-state index contributed by atoms with van der Waals surface area (Å²) in [5, 5.41) is 12.1. The Morgan fingerprint density at radius 1 is 1.47 bits per heavy atom. The van der Waals surface area contributed by atoms with Gasteiger partial charge in [-0.2, -0.15) is 0 Å². The highest BCUT2D eigenvalue weighted by Gasteiger charge is 2.39. The number of sulfone groups is 1. The van der Waals surface area contributed by atoms with Crippen molar-refractivity contribution in [3.8, 4) is 5.75 Å². The van der Waals surface area contributed by atoms with Gasteiger partial charge in [0.15, 0.2) is 9.84 Å². The van der Waals surface area contributed by atoms with Crippen molar-refractivity contribution in [3.63, 3.8) is 0 Å². The number of amides is 1. The van der Waals surface area contributed by atoms with Gasteiger partial charge in [0.2, 0.25) is 0 Å². The zero-order valence-electron chi connectivity index (χ0n) is 10.3. The van der Waals surface area contributed by atoms with Crippen LogP contribution < -0.4 is 5.32 Å². The Bertz CT molecular complexity index is 629. The topological polar surface area (TPSA) is 83.5 Å². The minimum atomic E-state index is -3.14. The van der Waals surface area contributed by atoms with Gasteiger partial charge in [0.25, 0.3) is 5.91 Å². The smallest absolute Gasteiger partial charge is 0.255 e. The van der Waals surface area contributed by atoms with Crippen LogP contribution in [0, 0.1) is 5.82 Å². The molecule has 0 saturated carbocycles. The third-order valence-electron chi connectivity index (χ3n) is 3.12. The van der Waals surface area contributed by atoms with E-state index >= 15 is 0 Å². The summed E-state index contributed by atoms with van der Waals surface area (Å²) < 4.78 is 35.7. The van der Waals surface area contributed by atoms with E-state index in [-0.39, 0.29) is 17.1 Å². The third-order valence-corrected chi connectivity index (χ3v) is 5.03. The average Bonchev–Trinajstić information content (AvgIpc) is 2.52. The van der Waals surface area contributed by atoms with Crippen LogP contribution in [0.1, 0.15) is 23.7 Å². The molecule has 1 aliphatic rings. The highest BCUT2D eigenvalue weighted by Crippen LogP contribution is 2.25. The molecule has 2 N–H and O–H groups in total. The summed E-state index contributed by atoms with van der Waals surface area (Å²) in [7, 11) is -3.14. The Morgan fingerprint density at radius 2 is 2.16 bits per heavy atom. The second-order valence-electron chi connectivity index (χ2n) is 5.02. The highest BCUT2D eigenvalue weighted by molar-refractivity contribution is 7.91. The van der Waals surface area contributed by atoms with Gasteiger partial charge in [-0.3, -0.25) is 4.79 Å². The summed E-state index contributed by atoms with van der Waals surface area (Å²) in [5.74, 6) is -1.84. The third kappa shape index (κ3) is 3.04. The van der Waals surface area contributed by atoms with Gasteiger partial charge in [0, 0.05) is 6.07 Å². The van der Waals surface area contributed by atoms with Crippen molar-refractivity contribution in [1.82, 2.24) is 5.32 Å². The van der Waals surface area contributed by atoms with Crippen molar-refractivity contribution in [2.45, 2.75) is 18.9 Å². The predicted octanol–water partition coefficient (Wildman–Crippen LogP) is 0.838. The van der Waals surface area contributed by atoms with Crippen LogP contribution in [0.2, 0.25) is 0 Å². The Hall–Kier alpha value is -1.63. The number of halogens is 1. The molecule has 19 heavy (non-hydrogen) atoms. The fourth-order valence-electron chi connectivity index (χ4n) is 2.15. The summed E-state index contributed by atoms with van der Waals surface area (Å²) in [4.78, 5) is 12.0. The first kappa shape index (κ1) is 13.8. The van der Waals surface area contributed by atoms with Gasteiger partial charge >= 0.3 is 0 Å². The number of carbonyl (C=O) groups is 1. The van der Waals surface area contributed by atoms with Crippen molar-refractivity contribution in [2.24, 2.45) is 0 Å². The lowest BCUT2D eigenvalue weighted by atomic mass is 10.0. The molecule has 1 aliphatic heterocycles. The van der Waals surface area contributed by atoms with E-state index in [0.29, 0.717) is 6.42 Å². The van der Waals surface area contributed by atoms with Gasteiger partial charge in [0.05, 0.1) is 22.6 Å². The molecule has 1 fully saturated rings. The normalized spacial score (nSPS) is 25.2. The number of rotatable bonds is 2. The van der Waals surface area contributed by atoms with Gasteiger partial charge < -0.3 is 10.4 Å². The molecule has 1 saturated heterocycles. The fourth-order valence-corrected chi connectivity index (χ4v) is 4.24. The van der Waals surface area contributed by atoms with Crippen molar-refractivity contribution in [2.75, 3.05) is 11.5 Å². The second-order valence-corrected chi connectivity index (χ2v) is 7.20. The van der Waals surface area contributed by atoms with Crippen molar-refractivity contribution < 1.29 is 22.7 Å². The lowest BCUT2D eigenvalue weighted by Crippen LogP contribution is -2.46. The maximum absolute atomic E-state index is 12.8. The van der Waals surface area contributed by atoms with Crippen LogP contribution in [0.5, 0.6) is 5.75 Å². The molecule has 5 nitrogen and oxygen atoms in total. The number of carbonyl (C=O) groups excluding carboxylic acids is 1. The van der Waals surface area contributed by atoms with Crippen LogP contribution in [0.3, 0.4) is 0 Å². The highest BCUT2D eigenvalue weighted by atomic mass is 32.2. The number of hydrogen-bond acceptors (Lipinski definition) is 4. The van der Waals surface area contributed by atoms with E-state index in [1.807, 2.05) is 0 Å². The zero-order valence-corrected chi connectivity index (χ0v) is 11.1. The Balaban J connectivity index is 2.18. The van der Waals surface area contributed by atoms with Gasteiger partial charge in [0.1, 0.15) is 11.6 Å². The zero-order chi connectivity index (χ0) is 14.3. The Labute approximate surface area is 110 Å².